The minimum Gasteiger partial charge on any atom is -0.114 e. The SMILES string of the molecule is ClC1(c2ccccc2)CC2CCC1C2. The van der Waals surface area contributed by atoms with Gasteiger partial charge < -0.3 is 0 Å². The standard InChI is InChI=1S/C13H15Cl/c14-13(11-4-2-1-3-5-11)9-10-6-7-12(13)8-10/h1-5,10,12H,6-9H2. The van der Waals surface area contributed by atoms with Crippen molar-refractivity contribution in [1.29, 1.82) is 0 Å². The summed E-state index contributed by atoms with van der Waals surface area (Å²) < 4.78 is 0. The van der Waals surface area contributed by atoms with Crippen LogP contribution in [0.25, 0.3) is 0 Å². The van der Waals surface area contributed by atoms with E-state index in [1.54, 1.807) is 0 Å². The molecule has 0 amide bonds. The first-order valence-electron chi connectivity index (χ1n) is 5.53. The molecule has 1 aromatic rings. The van der Waals surface area contributed by atoms with Gasteiger partial charge in [-0.2, -0.15) is 0 Å². The summed E-state index contributed by atoms with van der Waals surface area (Å²) in [7, 11) is 0. The Morgan fingerprint density at radius 1 is 1.14 bits per heavy atom. The van der Waals surface area contributed by atoms with Crippen molar-refractivity contribution in [2.75, 3.05) is 0 Å². The van der Waals surface area contributed by atoms with Crippen LogP contribution in [0.1, 0.15) is 31.2 Å². The fraction of sp³-hybridized carbons (Fsp3) is 0.538. The van der Waals surface area contributed by atoms with E-state index in [9.17, 15) is 0 Å². The summed E-state index contributed by atoms with van der Waals surface area (Å²) in [5.41, 5.74) is 1.34. The van der Waals surface area contributed by atoms with Crippen LogP contribution in [0.15, 0.2) is 30.3 Å². The van der Waals surface area contributed by atoms with Gasteiger partial charge in [0.25, 0.3) is 0 Å². The first-order chi connectivity index (χ1) is 6.79. The summed E-state index contributed by atoms with van der Waals surface area (Å²) in [5, 5.41) is 0. The molecule has 2 fully saturated rings. The summed E-state index contributed by atoms with van der Waals surface area (Å²) in [6.45, 7) is 0. The zero-order chi connectivity index (χ0) is 9.60. The van der Waals surface area contributed by atoms with Crippen molar-refractivity contribution in [3.8, 4) is 0 Å². The molecule has 3 rings (SSSR count). The first kappa shape index (κ1) is 8.79. The van der Waals surface area contributed by atoms with Crippen LogP contribution < -0.4 is 0 Å². The van der Waals surface area contributed by atoms with Crippen LogP contribution in [0, 0.1) is 11.8 Å². The molecule has 0 radical (unpaired) electrons. The summed E-state index contributed by atoms with van der Waals surface area (Å²) in [4.78, 5) is -0.0236. The fourth-order valence-corrected chi connectivity index (χ4v) is 3.87. The van der Waals surface area contributed by atoms with Crippen molar-refractivity contribution in [1.82, 2.24) is 0 Å². The molecule has 0 N–H and O–H groups in total. The van der Waals surface area contributed by atoms with Crippen LogP contribution in [-0.2, 0) is 4.87 Å². The van der Waals surface area contributed by atoms with Gasteiger partial charge in [-0.25, -0.2) is 0 Å². The fourth-order valence-electron chi connectivity index (χ4n) is 3.33. The summed E-state index contributed by atoms with van der Waals surface area (Å²) in [6.07, 6.45) is 5.30. The molecule has 14 heavy (non-hydrogen) atoms. The average Bonchev–Trinajstić information content (AvgIpc) is 2.79. The van der Waals surface area contributed by atoms with Gasteiger partial charge in [-0.1, -0.05) is 36.8 Å². The largest absolute Gasteiger partial charge is 0.114 e. The number of hydrogen-bond donors (Lipinski definition) is 0. The lowest BCUT2D eigenvalue weighted by molar-refractivity contribution is 0.374. The maximum Gasteiger partial charge on any atom is 0.0725 e. The van der Waals surface area contributed by atoms with E-state index in [1.807, 2.05) is 0 Å². The van der Waals surface area contributed by atoms with Crippen molar-refractivity contribution in [2.24, 2.45) is 11.8 Å². The molecule has 0 spiro atoms. The van der Waals surface area contributed by atoms with Crippen molar-refractivity contribution >= 4 is 11.6 Å². The van der Waals surface area contributed by atoms with E-state index < -0.39 is 0 Å². The first-order valence-corrected chi connectivity index (χ1v) is 5.91. The molecule has 2 aliphatic rings. The second kappa shape index (κ2) is 3.00. The van der Waals surface area contributed by atoms with Crippen LogP contribution in [0.4, 0.5) is 0 Å². The lowest BCUT2D eigenvalue weighted by atomic mass is 9.82. The predicted octanol–water partition coefficient (Wildman–Crippen LogP) is 3.94. The maximum atomic E-state index is 6.79. The number of alkyl halides is 1. The van der Waals surface area contributed by atoms with E-state index in [0.717, 1.165) is 11.8 Å². The Balaban J connectivity index is 1.98. The second-order valence-corrected chi connectivity index (χ2v) is 5.48. The highest BCUT2D eigenvalue weighted by atomic mass is 35.5. The predicted molar refractivity (Wildman–Crippen MR) is 59.4 cm³/mol. The highest BCUT2D eigenvalue weighted by Crippen LogP contribution is 2.59. The van der Waals surface area contributed by atoms with Crippen LogP contribution >= 0.6 is 11.6 Å². The van der Waals surface area contributed by atoms with Crippen LogP contribution in [0.5, 0.6) is 0 Å². The van der Waals surface area contributed by atoms with Crippen molar-refractivity contribution in [3.63, 3.8) is 0 Å². The summed E-state index contributed by atoms with van der Waals surface area (Å²) in [5.74, 6) is 1.63. The van der Waals surface area contributed by atoms with Gasteiger partial charge in [0.05, 0.1) is 4.87 Å². The molecule has 3 atom stereocenters. The van der Waals surface area contributed by atoms with Crippen molar-refractivity contribution < 1.29 is 0 Å². The Morgan fingerprint density at radius 3 is 2.50 bits per heavy atom. The number of fused-ring (bicyclic) bond motifs is 2. The van der Waals surface area contributed by atoms with E-state index in [0.29, 0.717) is 0 Å². The van der Waals surface area contributed by atoms with Crippen LogP contribution in [0.2, 0.25) is 0 Å². The molecule has 0 aliphatic heterocycles. The highest BCUT2D eigenvalue weighted by molar-refractivity contribution is 6.24. The minimum absolute atomic E-state index is 0.0236. The zero-order valence-corrected chi connectivity index (χ0v) is 9.00. The maximum absolute atomic E-state index is 6.79. The van der Waals surface area contributed by atoms with Crippen LogP contribution in [-0.4, -0.2) is 0 Å². The van der Waals surface area contributed by atoms with Gasteiger partial charge in [-0.05, 0) is 36.7 Å². The van der Waals surface area contributed by atoms with Gasteiger partial charge in [0.15, 0.2) is 0 Å². The lowest BCUT2D eigenvalue weighted by Crippen LogP contribution is -2.25. The number of halogens is 1. The topological polar surface area (TPSA) is 0 Å². The van der Waals surface area contributed by atoms with Gasteiger partial charge in [0, 0.05) is 0 Å². The molecule has 3 unspecified atom stereocenters. The van der Waals surface area contributed by atoms with Gasteiger partial charge >= 0.3 is 0 Å². The van der Waals surface area contributed by atoms with Crippen LogP contribution in [0.3, 0.4) is 0 Å². The van der Waals surface area contributed by atoms with Crippen molar-refractivity contribution in [3.05, 3.63) is 35.9 Å². The third-order valence-electron chi connectivity index (χ3n) is 4.03. The zero-order valence-electron chi connectivity index (χ0n) is 8.25. The molecule has 1 heteroatoms. The molecule has 1 aromatic carbocycles. The molecule has 0 nitrogen and oxygen atoms in total. The van der Waals surface area contributed by atoms with E-state index >= 15 is 0 Å². The molecule has 0 heterocycles. The number of rotatable bonds is 1. The smallest absolute Gasteiger partial charge is 0.0725 e. The van der Waals surface area contributed by atoms with Gasteiger partial charge in [0.2, 0.25) is 0 Å². The van der Waals surface area contributed by atoms with E-state index in [1.165, 1.54) is 31.2 Å². The number of hydrogen-bond acceptors (Lipinski definition) is 0. The second-order valence-electron chi connectivity index (χ2n) is 4.81. The third-order valence-corrected chi connectivity index (χ3v) is 4.71. The molecule has 74 valence electrons. The van der Waals surface area contributed by atoms with E-state index in [4.69, 9.17) is 11.6 Å². The lowest BCUT2D eigenvalue weighted by Gasteiger charge is -2.31. The monoisotopic (exact) mass is 206 g/mol. The normalized spacial score (nSPS) is 40.4. The average molecular weight is 207 g/mol. The molecular weight excluding hydrogens is 192 g/mol. The number of benzene rings is 1. The quantitative estimate of drug-likeness (QED) is 0.611. The molecule has 0 aromatic heterocycles. The van der Waals surface area contributed by atoms with Gasteiger partial charge in [-0.3, -0.25) is 0 Å². The molecule has 0 saturated heterocycles. The molecule has 2 saturated carbocycles. The Labute approximate surface area is 90.3 Å². The third kappa shape index (κ3) is 1.13. The molecular formula is C13H15Cl. The Hall–Kier alpha value is -0.490. The summed E-state index contributed by atoms with van der Waals surface area (Å²) in [6, 6.07) is 10.6. The Bertz CT molecular complexity index is 332. The van der Waals surface area contributed by atoms with Crippen molar-refractivity contribution in [2.45, 2.75) is 30.6 Å². The van der Waals surface area contributed by atoms with Gasteiger partial charge in [-0.15, -0.1) is 11.6 Å². The van der Waals surface area contributed by atoms with E-state index in [-0.39, 0.29) is 4.87 Å². The Morgan fingerprint density at radius 2 is 1.93 bits per heavy atom. The Kier molecular flexibility index (Phi) is 1.88. The molecule has 2 aliphatic carbocycles. The van der Waals surface area contributed by atoms with E-state index in [2.05, 4.69) is 30.3 Å². The summed E-state index contributed by atoms with van der Waals surface area (Å²) >= 11 is 6.79. The molecule has 2 bridgehead atoms. The highest BCUT2D eigenvalue weighted by Gasteiger charge is 2.50. The van der Waals surface area contributed by atoms with Gasteiger partial charge in [0.1, 0.15) is 0 Å². The minimum atomic E-state index is -0.0236.